The molecule has 0 spiro atoms. The number of esters is 1. The third-order valence-corrected chi connectivity index (χ3v) is 9.34. The third-order valence-electron chi connectivity index (χ3n) is 9.34. The van der Waals surface area contributed by atoms with Crippen LogP contribution in [0, 0.1) is 11.8 Å². The molecule has 7 atom stereocenters. The molecule has 0 aromatic heterocycles. The summed E-state index contributed by atoms with van der Waals surface area (Å²) in [5, 5.41) is 18.4. The van der Waals surface area contributed by atoms with Crippen LogP contribution in [0.3, 0.4) is 0 Å². The first-order chi connectivity index (χ1) is 27.4. The van der Waals surface area contributed by atoms with Gasteiger partial charge in [-0.1, -0.05) is 94.4 Å². The summed E-state index contributed by atoms with van der Waals surface area (Å²) in [6.45, 7) is 12.6. The SMILES string of the molecule is C/C=C1/NC(=O)[C@H](C)NC(=O)[C@@H](C(C)C)NC(=O)[C@H](NC(=O)[C@H](Cc2ccccc2)NC(=O)[C@@H](CC(C)C)NC(=O)[C@H](Cc2ccccc2)NC(C)=O)[C@@H](C)OC1=O. The maximum atomic E-state index is 14.3. The van der Waals surface area contributed by atoms with Gasteiger partial charge in [0.15, 0.2) is 0 Å². The number of benzene rings is 2. The van der Waals surface area contributed by atoms with Crippen LogP contribution in [-0.4, -0.2) is 89.7 Å². The summed E-state index contributed by atoms with van der Waals surface area (Å²) in [4.78, 5) is 108. The average Bonchev–Trinajstić information content (AvgIpc) is 3.16. The Kier molecular flexibility index (Phi) is 17.6. The van der Waals surface area contributed by atoms with Crippen molar-refractivity contribution in [2.75, 3.05) is 0 Å². The molecule has 1 fully saturated rings. The van der Waals surface area contributed by atoms with E-state index in [1.807, 2.05) is 44.2 Å². The molecule has 1 aliphatic heterocycles. The van der Waals surface area contributed by atoms with Crippen LogP contribution in [0.15, 0.2) is 72.4 Å². The molecule has 1 saturated heterocycles. The van der Waals surface area contributed by atoms with Crippen LogP contribution in [0.4, 0.5) is 0 Å². The van der Waals surface area contributed by atoms with E-state index < -0.39 is 95.6 Å². The highest BCUT2D eigenvalue weighted by atomic mass is 16.5. The molecule has 16 heteroatoms. The van der Waals surface area contributed by atoms with Gasteiger partial charge in [0.05, 0.1) is 0 Å². The Labute approximate surface area is 339 Å². The molecule has 0 unspecified atom stereocenters. The van der Waals surface area contributed by atoms with Gasteiger partial charge < -0.3 is 42.0 Å². The maximum absolute atomic E-state index is 14.3. The summed E-state index contributed by atoms with van der Waals surface area (Å²) in [6.07, 6.45) is 0.232. The van der Waals surface area contributed by atoms with Gasteiger partial charge in [-0.3, -0.25) is 33.6 Å². The van der Waals surface area contributed by atoms with Crippen LogP contribution in [0.1, 0.15) is 72.9 Å². The van der Waals surface area contributed by atoms with Crippen molar-refractivity contribution in [3.8, 4) is 0 Å². The standard InChI is InChI=1S/C42H57N7O9/c1-9-30-42(57)58-26(7)35(41(56)48-34(24(4)5)40(55)43-25(6)36(51)45-30)49-39(54)33(22-29-18-14-11-15-19-29)47-37(52)31(20-23(2)3)46-38(53)32(44-27(8)50)21-28-16-12-10-13-17-28/h9-19,23-26,31-35H,20-22H2,1-8H3,(H,43,55)(H,44,50)(H,45,51)(H,46,53)(H,47,52)(H,48,56)(H,49,54)/b30-9+/t25-,26+,31+,32-,33-,34+,35+/m0/s1. The van der Waals surface area contributed by atoms with Crippen molar-refractivity contribution < 1.29 is 43.1 Å². The highest BCUT2D eigenvalue weighted by Crippen LogP contribution is 2.13. The van der Waals surface area contributed by atoms with E-state index >= 15 is 0 Å². The fraction of sp³-hybridized carbons (Fsp3) is 0.476. The molecule has 2 aromatic carbocycles. The summed E-state index contributed by atoms with van der Waals surface area (Å²) in [6, 6.07) is 10.5. The average molecular weight is 804 g/mol. The highest BCUT2D eigenvalue weighted by molar-refractivity contribution is 6.00. The van der Waals surface area contributed by atoms with Crippen molar-refractivity contribution >= 4 is 47.3 Å². The monoisotopic (exact) mass is 803 g/mol. The maximum Gasteiger partial charge on any atom is 0.354 e. The van der Waals surface area contributed by atoms with E-state index in [9.17, 15) is 38.4 Å². The fourth-order valence-corrected chi connectivity index (χ4v) is 6.19. The fourth-order valence-electron chi connectivity index (χ4n) is 6.19. The number of carbonyl (C=O) groups is 8. The predicted octanol–water partition coefficient (Wildman–Crippen LogP) is 1.09. The second-order valence-corrected chi connectivity index (χ2v) is 15.1. The van der Waals surface area contributed by atoms with E-state index in [1.165, 1.54) is 33.8 Å². The van der Waals surface area contributed by atoms with E-state index in [-0.39, 0.29) is 30.9 Å². The van der Waals surface area contributed by atoms with Gasteiger partial charge in [0.2, 0.25) is 41.4 Å². The molecule has 314 valence electrons. The van der Waals surface area contributed by atoms with E-state index in [2.05, 4.69) is 37.2 Å². The molecule has 7 N–H and O–H groups in total. The molecule has 1 aliphatic rings. The van der Waals surface area contributed by atoms with E-state index in [0.717, 1.165) is 5.56 Å². The molecule has 2 aromatic rings. The Morgan fingerprint density at radius 3 is 1.72 bits per heavy atom. The molecule has 58 heavy (non-hydrogen) atoms. The summed E-state index contributed by atoms with van der Waals surface area (Å²) in [5.74, 6) is -6.37. The van der Waals surface area contributed by atoms with Crippen LogP contribution >= 0.6 is 0 Å². The van der Waals surface area contributed by atoms with E-state index in [4.69, 9.17) is 4.74 Å². The van der Waals surface area contributed by atoms with Gasteiger partial charge in [-0.2, -0.15) is 0 Å². The van der Waals surface area contributed by atoms with Crippen molar-refractivity contribution in [2.45, 2.75) is 117 Å². The zero-order valence-corrected chi connectivity index (χ0v) is 34.3. The van der Waals surface area contributed by atoms with Crippen LogP contribution in [0.5, 0.6) is 0 Å². The minimum atomic E-state index is -1.59. The van der Waals surface area contributed by atoms with Crippen molar-refractivity contribution in [1.29, 1.82) is 0 Å². The number of rotatable bonds is 14. The van der Waals surface area contributed by atoms with Crippen LogP contribution in [0.25, 0.3) is 0 Å². The second-order valence-electron chi connectivity index (χ2n) is 15.1. The number of allylic oxidation sites excluding steroid dienone is 1. The lowest BCUT2D eigenvalue weighted by atomic mass is 9.99. The number of amides is 7. The largest absolute Gasteiger partial charge is 0.455 e. The number of ether oxygens (including phenoxy) is 1. The van der Waals surface area contributed by atoms with Crippen LogP contribution in [-0.2, 0) is 55.9 Å². The third kappa shape index (κ3) is 14.2. The molecular weight excluding hydrogens is 747 g/mol. The number of hydrogen-bond donors (Lipinski definition) is 7. The molecule has 7 amide bonds. The van der Waals surface area contributed by atoms with Crippen molar-refractivity contribution in [1.82, 2.24) is 37.2 Å². The topological polar surface area (TPSA) is 230 Å². The van der Waals surface area contributed by atoms with Gasteiger partial charge in [-0.25, -0.2) is 4.79 Å². The van der Waals surface area contributed by atoms with Gasteiger partial charge in [-0.05, 0) is 50.2 Å². The molecule has 0 bridgehead atoms. The van der Waals surface area contributed by atoms with Crippen LogP contribution < -0.4 is 37.2 Å². The first kappa shape index (κ1) is 46.3. The Morgan fingerprint density at radius 1 is 0.707 bits per heavy atom. The van der Waals surface area contributed by atoms with E-state index in [0.29, 0.717) is 5.56 Å². The lowest BCUT2D eigenvalue weighted by Gasteiger charge is -2.30. The van der Waals surface area contributed by atoms with Crippen LogP contribution in [0.2, 0.25) is 0 Å². The molecule has 1 heterocycles. The summed E-state index contributed by atoms with van der Waals surface area (Å²) in [7, 11) is 0. The smallest absolute Gasteiger partial charge is 0.354 e. The number of nitrogens with one attached hydrogen (secondary N) is 7. The van der Waals surface area contributed by atoms with E-state index in [1.54, 1.807) is 44.2 Å². The van der Waals surface area contributed by atoms with Crippen molar-refractivity contribution in [2.24, 2.45) is 11.8 Å². The normalized spacial score (nSPS) is 21.4. The second kappa shape index (κ2) is 22.0. The quantitative estimate of drug-likeness (QED) is 0.107. The Morgan fingerprint density at radius 2 is 1.22 bits per heavy atom. The molecule has 16 nitrogen and oxygen atoms in total. The minimum Gasteiger partial charge on any atom is -0.455 e. The summed E-state index contributed by atoms with van der Waals surface area (Å²) >= 11 is 0. The zero-order valence-electron chi connectivity index (χ0n) is 34.3. The Hall–Kier alpha value is -6.06. The molecule has 0 aliphatic carbocycles. The Balaban J connectivity index is 1.97. The number of hydrogen-bond acceptors (Lipinski definition) is 9. The first-order valence-electron chi connectivity index (χ1n) is 19.4. The molecular formula is C42H57N7O9. The van der Waals surface area contributed by atoms with Gasteiger partial charge >= 0.3 is 5.97 Å². The molecule has 0 saturated carbocycles. The number of carbonyl (C=O) groups excluding carboxylic acids is 8. The lowest BCUT2D eigenvalue weighted by Crippen LogP contribution is -2.62. The minimum absolute atomic E-state index is 0.0462. The molecule has 0 radical (unpaired) electrons. The lowest BCUT2D eigenvalue weighted by molar-refractivity contribution is -0.149. The summed E-state index contributed by atoms with van der Waals surface area (Å²) in [5.41, 5.74) is 1.19. The molecule has 3 rings (SSSR count). The van der Waals surface area contributed by atoms with Gasteiger partial charge in [0.1, 0.15) is 48.1 Å². The van der Waals surface area contributed by atoms with Gasteiger partial charge in [-0.15, -0.1) is 0 Å². The predicted molar refractivity (Wildman–Crippen MR) is 215 cm³/mol. The highest BCUT2D eigenvalue weighted by Gasteiger charge is 2.38. The van der Waals surface area contributed by atoms with Crippen molar-refractivity contribution in [3.05, 3.63) is 83.6 Å². The first-order valence-corrected chi connectivity index (χ1v) is 19.4. The van der Waals surface area contributed by atoms with Gasteiger partial charge in [0, 0.05) is 19.8 Å². The number of cyclic esters (lactones) is 1. The summed E-state index contributed by atoms with van der Waals surface area (Å²) < 4.78 is 5.59. The van der Waals surface area contributed by atoms with Gasteiger partial charge in [0.25, 0.3) is 0 Å². The van der Waals surface area contributed by atoms with Crippen molar-refractivity contribution in [3.63, 3.8) is 0 Å². The zero-order chi connectivity index (χ0) is 43.1. The Bertz CT molecular complexity index is 1820.